The van der Waals surface area contributed by atoms with Crippen molar-refractivity contribution in [1.82, 2.24) is 5.32 Å². The summed E-state index contributed by atoms with van der Waals surface area (Å²) in [7, 11) is 3.32. The molecule has 1 aliphatic heterocycles. The summed E-state index contributed by atoms with van der Waals surface area (Å²) in [4.78, 5) is 12.0. The molecule has 0 saturated carbocycles. The molecule has 23 heavy (non-hydrogen) atoms. The fraction of sp³-hybridized carbons (Fsp3) is 0.316. The van der Waals surface area contributed by atoms with Crippen molar-refractivity contribution >= 4 is 5.91 Å². The molecule has 0 fully saturated rings. The highest BCUT2D eigenvalue weighted by Crippen LogP contribution is 2.36. The van der Waals surface area contributed by atoms with Gasteiger partial charge in [0.15, 0.2) is 11.5 Å². The molecule has 0 radical (unpaired) electrons. The van der Waals surface area contributed by atoms with Crippen molar-refractivity contribution in [3.8, 4) is 11.5 Å². The van der Waals surface area contributed by atoms with Crippen LogP contribution in [0, 0.1) is 5.92 Å². The van der Waals surface area contributed by atoms with E-state index in [4.69, 9.17) is 9.47 Å². The van der Waals surface area contributed by atoms with Crippen LogP contribution in [0.1, 0.15) is 21.5 Å². The van der Waals surface area contributed by atoms with E-state index in [1.807, 2.05) is 36.4 Å². The second-order valence-electron chi connectivity index (χ2n) is 5.77. The first-order chi connectivity index (χ1) is 11.2. The van der Waals surface area contributed by atoms with Crippen LogP contribution in [-0.2, 0) is 12.8 Å². The molecular weight excluding hydrogens is 290 g/mol. The normalized spacial score (nSPS) is 16.2. The lowest BCUT2D eigenvalue weighted by Crippen LogP contribution is -2.25. The zero-order valence-electron chi connectivity index (χ0n) is 13.5. The SMILES string of the molecule is CNC(=O)c1ccccc1CC1COc2c(cccc2OC)C1. The van der Waals surface area contributed by atoms with Crippen LogP contribution in [0.25, 0.3) is 0 Å². The van der Waals surface area contributed by atoms with Gasteiger partial charge in [0.05, 0.1) is 13.7 Å². The van der Waals surface area contributed by atoms with E-state index in [-0.39, 0.29) is 5.91 Å². The van der Waals surface area contributed by atoms with Crippen LogP contribution in [0.15, 0.2) is 42.5 Å². The molecule has 2 aromatic rings. The van der Waals surface area contributed by atoms with Crippen molar-refractivity contribution < 1.29 is 14.3 Å². The molecule has 1 aliphatic rings. The van der Waals surface area contributed by atoms with Crippen LogP contribution >= 0.6 is 0 Å². The number of benzene rings is 2. The Balaban J connectivity index is 1.79. The maximum atomic E-state index is 12.0. The van der Waals surface area contributed by atoms with Gasteiger partial charge in [0.25, 0.3) is 5.91 Å². The third kappa shape index (κ3) is 3.16. The molecule has 1 atom stereocenters. The molecule has 3 rings (SSSR count). The lowest BCUT2D eigenvalue weighted by molar-refractivity contribution is 0.0961. The van der Waals surface area contributed by atoms with Gasteiger partial charge in [0.2, 0.25) is 0 Å². The van der Waals surface area contributed by atoms with Gasteiger partial charge in [-0.3, -0.25) is 4.79 Å². The van der Waals surface area contributed by atoms with Crippen molar-refractivity contribution in [3.63, 3.8) is 0 Å². The van der Waals surface area contributed by atoms with Crippen molar-refractivity contribution in [2.24, 2.45) is 5.92 Å². The van der Waals surface area contributed by atoms with Gasteiger partial charge >= 0.3 is 0 Å². The van der Waals surface area contributed by atoms with E-state index in [2.05, 4.69) is 11.4 Å². The molecular formula is C19H21NO3. The van der Waals surface area contributed by atoms with Gasteiger partial charge in [-0.25, -0.2) is 0 Å². The number of carbonyl (C=O) groups excluding carboxylic acids is 1. The predicted octanol–water partition coefficient (Wildman–Crippen LogP) is 2.85. The number of ether oxygens (including phenoxy) is 2. The second-order valence-corrected chi connectivity index (χ2v) is 5.77. The third-order valence-corrected chi connectivity index (χ3v) is 4.25. The maximum Gasteiger partial charge on any atom is 0.251 e. The van der Waals surface area contributed by atoms with Crippen molar-refractivity contribution in [1.29, 1.82) is 0 Å². The highest BCUT2D eigenvalue weighted by atomic mass is 16.5. The Hall–Kier alpha value is -2.49. The molecule has 0 saturated heterocycles. The number of rotatable bonds is 4. The molecule has 1 unspecified atom stereocenters. The lowest BCUT2D eigenvalue weighted by Gasteiger charge is -2.27. The Kier molecular flexibility index (Phi) is 4.51. The minimum Gasteiger partial charge on any atom is -0.493 e. The zero-order valence-corrected chi connectivity index (χ0v) is 13.5. The van der Waals surface area contributed by atoms with E-state index < -0.39 is 0 Å². The van der Waals surface area contributed by atoms with E-state index in [1.54, 1.807) is 14.2 Å². The number of para-hydroxylation sites is 1. The first-order valence-corrected chi connectivity index (χ1v) is 7.81. The number of methoxy groups -OCH3 is 1. The minimum atomic E-state index is -0.0422. The number of fused-ring (bicyclic) bond motifs is 1. The molecule has 4 nitrogen and oxygen atoms in total. The molecule has 1 heterocycles. The van der Waals surface area contributed by atoms with Crippen molar-refractivity contribution in [2.45, 2.75) is 12.8 Å². The summed E-state index contributed by atoms with van der Waals surface area (Å²) in [6.07, 6.45) is 1.74. The zero-order chi connectivity index (χ0) is 16.2. The van der Waals surface area contributed by atoms with Crippen molar-refractivity contribution in [3.05, 3.63) is 59.2 Å². The number of nitrogens with one attached hydrogen (secondary N) is 1. The Morgan fingerprint density at radius 3 is 2.87 bits per heavy atom. The molecule has 1 amide bonds. The molecule has 1 N–H and O–H groups in total. The second kappa shape index (κ2) is 6.73. The Bertz CT molecular complexity index is 712. The van der Waals surface area contributed by atoms with E-state index in [1.165, 1.54) is 0 Å². The predicted molar refractivity (Wildman–Crippen MR) is 89.2 cm³/mol. The van der Waals surface area contributed by atoms with Crippen LogP contribution < -0.4 is 14.8 Å². The summed E-state index contributed by atoms with van der Waals surface area (Å²) in [6.45, 7) is 0.634. The number of amides is 1. The van der Waals surface area contributed by atoms with Crippen molar-refractivity contribution in [2.75, 3.05) is 20.8 Å². The van der Waals surface area contributed by atoms with Gasteiger partial charge in [-0.05, 0) is 36.1 Å². The monoisotopic (exact) mass is 311 g/mol. The molecule has 0 aliphatic carbocycles. The first kappa shape index (κ1) is 15.4. The average Bonchev–Trinajstić information content (AvgIpc) is 2.60. The van der Waals surface area contributed by atoms with Crippen LogP contribution in [0.3, 0.4) is 0 Å². The summed E-state index contributed by atoms with van der Waals surface area (Å²) in [5, 5.41) is 2.70. The molecule has 2 aromatic carbocycles. The molecule has 0 bridgehead atoms. The smallest absolute Gasteiger partial charge is 0.251 e. The Morgan fingerprint density at radius 2 is 2.09 bits per heavy atom. The quantitative estimate of drug-likeness (QED) is 0.944. The summed E-state index contributed by atoms with van der Waals surface area (Å²) in [6, 6.07) is 13.7. The summed E-state index contributed by atoms with van der Waals surface area (Å²) < 4.78 is 11.3. The highest BCUT2D eigenvalue weighted by molar-refractivity contribution is 5.95. The minimum absolute atomic E-state index is 0.0422. The van der Waals surface area contributed by atoms with E-state index in [0.717, 1.165) is 41.0 Å². The number of hydrogen-bond donors (Lipinski definition) is 1. The lowest BCUT2D eigenvalue weighted by atomic mass is 9.89. The highest BCUT2D eigenvalue weighted by Gasteiger charge is 2.24. The molecule has 0 aromatic heterocycles. The number of carbonyl (C=O) groups is 1. The van der Waals surface area contributed by atoms with E-state index >= 15 is 0 Å². The summed E-state index contributed by atoms with van der Waals surface area (Å²) in [5.41, 5.74) is 2.97. The molecule has 120 valence electrons. The number of hydrogen-bond acceptors (Lipinski definition) is 3. The van der Waals surface area contributed by atoms with E-state index in [9.17, 15) is 4.79 Å². The fourth-order valence-corrected chi connectivity index (χ4v) is 3.11. The maximum absolute atomic E-state index is 12.0. The van der Waals surface area contributed by atoms with Crippen LogP contribution in [-0.4, -0.2) is 26.7 Å². The van der Waals surface area contributed by atoms with Gasteiger partial charge in [0, 0.05) is 18.5 Å². The topological polar surface area (TPSA) is 47.6 Å². The van der Waals surface area contributed by atoms with Gasteiger partial charge in [-0.1, -0.05) is 30.3 Å². The Labute approximate surface area is 136 Å². The van der Waals surface area contributed by atoms with Gasteiger partial charge in [0.1, 0.15) is 0 Å². The summed E-state index contributed by atoms with van der Waals surface area (Å²) in [5.74, 6) is 1.94. The Morgan fingerprint density at radius 1 is 1.26 bits per heavy atom. The first-order valence-electron chi connectivity index (χ1n) is 7.81. The molecule has 4 heteroatoms. The standard InChI is InChI=1S/C19H21NO3/c1-20-19(21)16-8-4-3-6-14(16)10-13-11-15-7-5-9-17(22-2)18(15)23-12-13/h3-9,13H,10-12H2,1-2H3,(H,20,21). The van der Waals surface area contributed by atoms with Crippen LogP contribution in [0.2, 0.25) is 0 Å². The van der Waals surface area contributed by atoms with Gasteiger partial charge < -0.3 is 14.8 Å². The fourth-order valence-electron chi connectivity index (χ4n) is 3.11. The average molecular weight is 311 g/mol. The van der Waals surface area contributed by atoms with E-state index in [0.29, 0.717) is 12.5 Å². The van der Waals surface area contributed by atoms with Gasteiger partial charge in [-0.15, -0.1) is 0 Å². The van der Waals surface area contributed by atoms with Crippen LogP contribution in [0.4, 0.5) is 0 Å². The van der Waals surface area contributed by atoms with Crippen LogP contribution in [0.5, 0.6) is 11.5 Å². The van der Waals surface area contributed by atoms with Gasteiger partial charge in [-0.2, -0.15) is 0 Å². The largest absolute Gasteiger partial charge is 0.493 e. The third-order valence-electron chi connectivity index (χ3n) is 4.25. The molecule has 0 spiro atoms. The summed E-state index contributed by atoms with van der Waals surface area (Å²) >= 11 is 0.